The van der Waals surface area contributed by atoms with Crippen LogP contribution in [0.2, 0.25) is 0 Å². The van der Waals surface area contributed by atoms with Gasteiger partial charge in [0.25, 0.3) is 0 Å². The van der Waals surface area contributed by atoms with Gasteiger partial charge in [0.15, 0.2) is 5.16 Å². The van der Waals surface area contributed by atoms with Crippen molar-refractivity contribution in [2.75, 3.05) is 0 Å². The van der Waals surface area contributed by atoms with Gasteiger partial charge in [-0.1, -0.05) is 17.8 Å². The molecule has 0 saturated carbocycles. The normalized spacial score (nSPS) is 10.3. The van der Waals surface area contributed by atoms with E-state index >= 15 is 0 Å². The second-order valence-corrected chi connectivity index (χ2v) is 5.23. The molecule has 0 aliphatic heterocycles. The van der Waals surface area contributed by atoms with Crippen LogP contribution in [0.4, 0.5) is 4.39 Å². The minimum atomic E-state index is -0.496. The van der Waals surface area contributed by atoms with E-state index < -0.39 is 11.7 Å². The molecule has 1 aromatic carbocycles. The summed E-state index contributed by atoms with van der Waals surface area (Å²) >= 11 is 1.25. The number of nitrogens with two attached hydrogens (primary N) is 1. The van der Waals surface area contributed by atoms with Crippen molar-refractivity contribution in [1.29, 1.82) is 5.26 Å². The number of thioether (sulfide) groups is 1. The summed E-state index contributed by atoms with van der Waals surface area (Å²) in [5.41, 5.74) is 5.89. The molecule has 0 spiro atoms. The number of aryl methyl sites for hydroxylation is 1. The topological polar surface area (TPSA) is 97.6 Å². The van der Waals surface area contributed by atoms with Crippen LogP contribution in [0.1, 0.15) is 17.0 Å². The molecule has 2 N–H and O–H groups in total. The lowest BCUT2D eigenvalue weighted by atomic mass is 10.1. The lowest BCUT2D eigenvalue weighted by molar-refractivity contribution is -0.118. The van der Waals surface area contributed by atoms with Crippen LogP contribution in [0.3, 0.4) is 0 Å². The van der Waals surface area contributed by atoms with Gasteiger partial charge in [0.2, 0.25) is 5.91 Å². The maximum absolute atomic E-state index is 13.8. The molecule has 0 aliphatic rings. The number of carbonyl (C=O) groups is 1. The minimum Gasteiger partial charge on any atom is -0.368 e. The van der Waals surface area contributed by atoms with Gasteiger partial charge in [-0.2, -0.15) is 5.26 Å². The molecule has 0 fully saturated rings. The van der Waals surface area contributed by atoms with Crippen molar-refractivity contribution in [1.82, 2.24) is 14.8 Å². The van der Waals surface area contributed by atoms with Crippen LogP contribution in [0.15, 0.2) is 23.4 Å². The average molecular weight is 305 g/mol. The molecule has 1 amide bonds. The highest BCUT2D eigenvalue weighted by Gasteiger charge is 2.13. The van der Waals surface area contributed by atoms with E-state index in [2.05, 4.69) is 10.2 Å². The molecule has 0 unspecified atom stereocenters. The number of hydrogen-bond acceptors (Lipinski definition) is 5. The number of aromatic nitrogens is 3. The van der Waals surface area contributed by atoms with E-state index in [1.807, 2.05) is 6.07 Å². The Hall–Kier alpha value is -2.40. The van der Waals surface area contributed by atoms with E-state index in [0.717, 1.165) is 0 Å². The molecule has 0 radical (unpaired) electrons. The lowest BCUT2D eigenvalue weighted by Crippen LogP contribution is -2.20. The first kappa shape index (κ1) is 15.0. The highest BCUT2D eigenvalue weighted by atomic mass is 32.2. The number of hydrogen-bond donors (Lipinski definition) is 1. The number of benzene rings is 1. The van der Waals surface area contributed by atoms with Gasteiger partial charge in [0, 0.05) is 5.75 Å². The Balaban J connectivity index is 2.14. The lowest BCUT2D eigenvalue weighted by Gasteiger charge is -2.06. The molecular weight excluding hydrogens is 293 g/mol. The van der Waals surface area contributed by atoms with E-state index in [1.165, 1.54) is 17.8 Å². The largest absolute Gasteiger partial charge is 0.368 e. The summed E-state index contributed by atoms with van der Waals surface area (Å²) in [6, 6.07) is 6.18. The van der Waals surface area contributed by atoms with E-state index in [1.54, 1.807) is 23.6 Å². The molecule has 108 valence electrons. The van der Waals surface area contributed by atoms with Gasteiger partial charge in [-0.05, 0) is 24.6 Å². The van der Waals surface area contributed by atoms with Gasteiger partial charge in [-0.25, -0.2) is 4.39 Å². The summed E-state index contributed by atoms with van der Waals surface area (Å²) in [7, 11) is 0. The number of nitriles is 1. The summed E-state index contributed by atoms with van der Waals surface area (Å²) < 4.78 is 15.4. The number of carbonyl (C=O) groups excluding carboxylic acids is 1. The summed E-state index contributed by atoms with van der Waals surface area (Å²) in [5, 5.41) is 17.0. The Kier molecular flexibility index (Phi) is 4.55. The Morgan fingerprint density at radius 2 is 2.29 bits per heavy atom. The predicted molar refractivity (Wildman–Crippen MR) is 74.6 cm³/mol. The number of primary amides is 1. The van der Waals surface area contributed by atoms with Gasteiger partial charge in [-0.15, -0.1) is 10.2 Å². The van der Waals surface area contributed by atoms with Crippen LogP contribution >= 0.6 is 11.8 Å². The summed E-state index contributed by atoms with van der Waals surface area (Å²) in [4.78, 5) is 11.0. The van der Waals surface area contributed by atoms with Crippen molar-refractivity contribution < 1.29 is 9.18 Å². The molecule has 2 rings (SSSR count). The Morgan fingerprint density at radius 3 is 2.90 bits per heavy atom. The SMILES string of the molecule is Cc1nnc(SCc2ccc(C#N)cc2F)n1CC(N)=O. The van der Waals surface area contributed by atoms with Crippen molar-refractivity contribution in [2.45, 2.75) is 24.4 Å². The molecule has 8 heteroatoms. The molecule has 0 aliphatic carbocycles. The first-order chi connectivity index (χ1) is 10.0. The summed E-state index contributed by atoms with van der Waals surface area (Å²) in [6.45, 7) is 1.69. The van der Waals surface area contributed by atoms with Crippen LogP contribution < -0.4 is 5.73 Å². The second kappa shape index (κ2) is 6.37. The molecule has 0 saturated heterocycles. The number of nitrogens with zero attached hydrogens (tertiary/aromatic N) is 4. The minimum absolute atomic E-state index is 0.0168. The Bertz CT molecular complexity index is 722. The van der Waals surface area contributed by atoms with E-state index in [4.69, 9.17) is 11.0 Å². The number of amides is 1. The monoisotopic (exact) mass is 305 g/mol. The number of halogens is 1. The van der Waals surface area contributed by atoms with Crippen LogP contribution in [-0.4, -0.2) is 20.7 Å². The highest BCUT2D eigenvalue weighted by molar-refractivity contribution is 7.98. The zero-order valence-electron chi connectivity index (χ0n) is 11.2. The molecule has 0 bridgehead atoms. The van der Waals surface area contributed by atoms with Crippen LogP contribution in [0.5, 0.6) is 0 Å². The maximum Gasteiger partial charge on any atom is 0.237 e. The fraction of sp³-hybridized carbons (Fsp3) is 0.231. The van der Waals surface area contributed by atoms with Crippen molar-refractivity contribution in [2.24, 2.45) is 5.73 Å². The first-order valence-corrected chi connectivity index (χ1v) is 6.99. The molecular formula is C13H12FN5OS. The van der Waals surface area contributed by atoms with Crippen molar-refractivity contribution in [3.8, 4) is 6.07 Å². The molecule has 2 aromatic rings. The second-order valence-electron chi connectivity index (χ2n) is 4.29. The first-order valence-electron chi connectivity index (χ1n) is 6.00. The summed E-state index contributed by atoms with van der Waals surface area (Å²) in [5.74, 6) is -0.0609. The third-order valence-electron chi connectivity index (χ3n) is 2.75. The smallest absolute Gasteiger partial charge is 0.237 e. The zero-order chi connectivity index (χ0) is 15.4. The van der Waals surface area contributed by atoms with E-state index in [9.17, 15) is 9.18 Å². The molecule has 6 nitrogen and oxygen atoms in total. The molecule has 21 heavy (non-hydrogen) atoms. The van der Waals surface area contributed by atoms with Gasteiger partial charge < -0.3 is 5.73 Å². The molecule has 0 atom stereocenters. The molecule has 1 aromatic heterocycles. The highest BCUT2D eigenvalue weighted by Crippen LogP contribution is 2.23. The number of rotatable bonds is 5. The fourth-order valence-corrected chi connectivity index (χ4v) is 2.65. The van der Waals surface area contributed by atoms with Crippen molar-refractivity contribution in [3.05, 3.63) is 41.0 Å². The van der Waals surface area contributed by atoms with Crippen LogP contribution in [0.25, 0.3) is 0 Å². The Morgan fingerprint density at radius 1 is 1.52 bits per heavy atom. The zero-order valence-corrected chi connectivity index (χ0v) is 12.0. The van der Waals surface area contributed by atoms with Gasteiger partial charge in [0.05, 0.1) is 11.6 Å². The quantitative estimate of drug-likeness (QED) is 0.841. The fourth-order valence-electron chi connectivity index (χ4n) is 1.68. The summed E-state index contributed by atoms with van der Waals surface area (Å²) in [6.07, 6.45) is 0. The van der Waals surface area contributed by atoms with Crippen LogP contribution in [0, 0.1) is 24.1 Å². The average Bonchev–Trinajstić information content (AvgIpc) is 2.78. The Labute approximate surface area is 124 Å². The molecule has 1 heterocycles. The standard InChI is InChI=1S/C13H12FN5OS/c1-8-17-18-13(19(8)6-12(16)20)21-7-10-3-2-9(5-15)4-11(10)14/h2-4H,6-7H2,1H3,(H2,16,20). The van der Waals surface area contributed by atoms with Crippen molar-refractivity contribution in [3.63, 3.8) is 0 Å². The van der Waals surface area contributed by atoms with E-state index in [-0.39, 0.29) is 12.1 Å². The third-order valence-corrected chi connectivity index (χ3v) is 3.77. The van der Waals surface area contributed by atoms with Gasteiger partial charge >= 0.3 is 0 Å². The van der Waals surface area contributed by atoms with Gasteiger partial charge in [0.1, 0.15) is 18.2 Å². The maximum atomic E-state index is 13.8. The van der Waals surface area contributed by atoms with Crippen molar-refractivity contribution >= 4 is 17.7 Å². The van der Waals surface area contributed by atoms with E-state index in [0.29, 0.717) is 22.3 Å². The predicted octanol–water partition coefficient (Wildman–Crippen LogP) is 1.37. The third kappa shape index (κ3) is 3.58. The van der Waals surface area contributed by atoms with Crippen LogP contribution in [-0.2, 0) is 17.1 Å². The van der Waals surface area contributed by atoms with Gasteiger partial charge in [-0.3, -0.25) is 9.36 Å².